The van der Waals surface area contributed by atoms with Gasteiger partial charge in [0.15, 0.2) is 0 Å². The van der Waals surface area contributed by atoms with Crippen molar-refractivity contribution in [3.63, 3.8) is 0 Å². The Morgan fingerprint density at radius 3 is 2.95 bits per heavy atom. The molecular formula is C17H16BrNO2S. The van der Waals surface area contributed by atoms with Crippen LogP contribution >= 0.6 is 27.3 Å². The minimum atomic E-state index is -0.0323. The van der Waals surface area contributed by atoms with E-state index < -0.39 is 0 Å². The van der Waals surface area contributed by atoms with Crippen molar-refractivity contribution in [2.75, 3.05) is 13.7 Å². The first-order chi connectivity index (χ1) is 10.6. The Bertz CT molecular complexity index is 725. The zero-order chi connectivity index (χ0) is 15.7. The average molecular weight is 378 g/mol. The lowest BCUT2D eigenvalue weighted by atomic mass is 9.88. The van der Waals surface area contributed by atoms with Crippen LogP contribution in [-0.4, -0.2) is 24.5 Å². The van der Waals surface area contributed by atoms with Crippen molar-refractivity contribution in [2.24, 2.45) is 0 Å². The molecule has 3 rings (SSSR count). The van der Waals surface area contributed by atoms with E-state index in [1.165, 1.54) is 16.5 Å². The molecule has 0 N–H and O–H groups in total. The van der Waals surface area contributed by atoms with Gasteiger partial charge < -0.3 is 9.64 Å². The van der Waals surface area contributed by atoms with Crippen molar-refractivity contribution in [1.82, 2.24) is 4.90 Å². The molecule has 0 spiro atoms. The van der Waals surface area contributed by atoms with Crippen LogP contribution in [0.4, 0.5) is 0 Å². The first-order valence-corrected chi connectivity index (χ1v) is 8.57. The molecule has 3 nitrogen and oxygen atoms in total. The van der Waals surface area contributed by atoms with E-state index in [4.69, 9.17) is 4.74 Å². The summed E-state index contributed by atoms with van der Waals surface area (Å²) >= 11 is 5.25. The number of hydrogen-bond donors (Lipinski definition) is 0. The normalized spacial score (nSPS) is 17.0. The number of fused-ring (bicyclic) bond motifs is 1. The fourth-order valence-corrected chi connectivity index (χ4v) is 4.69. The molecule has 0 fully saturated rings. The van der Waals surface area contributed by atoms with Gasteiger partial charge in [0.2, 0.25) is 5.91 Å². The molecule has 1 aromatic heterocycles. The quantitative estimate of drug-likeness (QED) is 0.750. The number of benzene rings is 1. The van der Waals surface area contributed by atoms with Crippen molar-refractivity contribution < 1.29 is 9.53 Å². The maximum atomic E-state index is 12.1. The van der Waals surface area contributed by atoms with E-state index in [9.17, 15) is 4.79 Å². The van der Waals surface area contributed by atoms with E-state index in [1.807, 2.05) is 23.1 Å². The van der Waals surface area contributed by atoms with Crippen LogP contribution in [-0.2, 0) is 11.3 Å². The summed E-state index contributed by atoms with van der Waals surface area (Å²) in [5.41, 5.74) is 2.38. The van der Waals surface area contributed by atoms with Gasteiger partial charge in [-0.3, -0.25) is 4.79 Å². The van der Waals surface area contributed by atoms with Crippen LogP contribution in [0.25, 0.3) is 0 Å². The zero-order valence-corrected chi connectivity index (χ0v) is 14.6. The second-order valence-electron chi connectivity index (χ2n) is 5.15. The minimum absolute atomic E-state index is 0.0323. The third-order valence-corrected chi connectivity index (χ3v) is 5.56. The predicted molar refractivity (Wildman–Crippen MR) is 92.5 cm³/mol. The van der Waals surface area contributed by atoms with Crippen LogP contribution < -0.4 is 4.74 Å². The summed E-state index contributed by atoms with van der Waals surface area (Å²) in [5, 5.41) is 0. The molecule has 1 aliphatic heterocycles. The third kappa shape index (κ3) is 2.71. The summed E-state index contributed by atoms with van der Waals surface area (Å²) in [5.74, 6) is 0.940. The van der Waals surface area contributed by atoms with Gasteiger partial charge in [-0.15, -0.1) is 11.3 Å². The predicted octanol–water partition coefficient (Wildman–Crippen LogP) is 4.18. The number of hydrogen-bond acceptors (Lipinski definition) is 3. The lowest BCUT2D eigenvalue weighted by molar-refractivity contribution is -0.127. The summed E-state index contributed by atoms with van der Waals surface area (Å²) in [6.07, 6.45) is 1.38. The van der Waals surface area contributed by atoms with Crippen molar-refractivity contribution in [2.45, 2.75) is 12.5 Å². The summed E-state index contributed by atoms with van der Waals surface area (Å²) in [6.45, 7) is 4.89. The molecule has 1 aromatic carbocycles. The van der Waals surface area contributed by atoms with Gasteiger partial charge in [0, 0.05) is 22.9 Å². The van der Waals surface area contributed by atoms with E-state index in [2.05, 4.69) is 34.6 Å². The molecule has 1 atom stereocenters. The van der Waals surface area contributed by atoms with Gasteiger partial charge in [-0.1, -0.05) is 24.8 Å². The Hall–Kier alpha value is -1.59. The number of methoxy groups -OCH3 is 1. The number of rotatable bonds is 3. The maximum Gasteiger partial charge on any atom is 0.246 e. The largest absolute Gasteiger partial charge is 0.496 e. The molecule has 0 bridgehead atoms. The van der Waals surface area contributed by atoms with Gasteiger partial charge in [-0.2, -0.15) is 0 Å². The number of nitrogens with zero attached hydrogens (tertiary/aromatic N) is 1. The highest BCUT2D eigenvalue weighted by Crippen LogP contribution is 2.42. The highest BCUT2D eigenvalue weighted by Gasteiger charge is 2.31. The fourth-order valence-electron chi connectivity index (χ4n) is 2.90. The first kappa shape index (κ1) is 15.3. The Balaban J connectivity index is 2.08. The van der Waals surface area contributed by atoms with Crippen LogP contribution in [0.1, 0.15) is 21.9 Å². The number of carbonyl (C=O) groups is 1. The summed E-state index contributed by atoms with van der Waals surface area (Å²) < 4.78 is 6.60. The number of carbonyl (C=O) groups excluding carboxylic acids is 1. The van der Waals surface area contributed by atoms with Gasteiger partial charge in [0.25, 0.3) is 0 Å². The van der Waals surface area contributed by atoms with E-state index in [-0.39, 0.29) is 11.8 Å². The summed E-state index contributed by atoms with van der Waals surface area (Å²) in [6, 6.07) is 10.2. The van der Waals surface area contributed by atoms with Crippen molar-refractivity contribution in [3.05, 3.63) is 62.8 Å². The standard InChI is InChI=1S/C17H16BrNO2S/c1-3-17(20)19-9-13(11-6-4-5-7-14(11)21-2)12-8-16(18)22-15(12)10-19/h3-8,13H,1,9-10H2,2H3/t13-/m1/s1. The Morgan fingerprint density at radius 1 is 1.45 bits per heavy atom. The molecule has 0 aliphatic carbocycles. The van der Waals surface area contributed by atoms with Crippen LogP contribution in [0.5, 0.6) is 5.75 Å². The molecule has 1 aliphatic rings. The Labute approximate surface area is 142 Å². The van der Waals surface area contributed by atoms with Gasteiger partial charge >= 0.3 is 0 Å². The van der Waals surface area contributed by atoms with Crippen LogP contribution in [0.15, 0.2) is 46.8 Å². The van der Waals surface area contributed by atoms with Crippen LogP contribution in [0.3, 0.4) is 0 Å². The second-order valence-corrected chi connectivity index (χ2v) is 7.66. The molecule has 0 saturated carbocycles. The lowest BCUT2D eigenvalue weighted by Gasteiger charge is -2.33. The third-order valence-electron chi connectivity index (χ3n) is 3.93. The zero-order valence-electron chi connectivity index (χ0n) is 12.2. The van der Waals surface area contributed by atoms with Gasteiger partial charge in [-0.25, -0.2) is 0 Å². The molecule has 0 unspecified atom stereocenters. The molecule has 1 amide bonds. The lowest BCUT2D eigenvalue weighted by Crippen LogP contribution is -2.37. The minimum Gasteiger partial charge on any atom is -0.496 e. The van der Waals surface area contributed by atoms with Gasteiger partial charge in [0.05, 0.1) is 17.4 Å². The smallest absolute Gasteiger partial charge is 0.246 e. The molecule has 2 heterocycles. The monoisotopic (exact) mass is 377 g/mol. The van der Waals surface area contributed by atoms with Gasteiger partial charge in [-0.05, 0) is 39.7 Å². The maximum absolute atomic E-state index is 12.1. The highest BCUT2D eigenvalue weighted by atomic mass is 79.9. The molecule has 0 saturated heterocycles. The first-order valence-electron chi connectivity index (χ1n) is 6.96. The number of para-hydroxylation sites is 1. The van der Waals surface area contributed by atoms with E-state index >= 15 is 0 Å². The molecule has 114 valence electrons. The number of thiophene rings is 1. The molecule has 2 aromatic rings. The summed E-state index contributed by atoms with van der Waals surface area (Å²) in [4.78, 5) is 15.1. The van der Waals surface area contributed by atoms with E-state index in [0.717, 1.165) is 15.1 Å². The molecule has 0 radical (unpaired) electrons. The number of halogens is 1. The number of amides is 1. The van der Waals surface area contributed by atoms with Crippen LogP contribution in [0.2, 0.25) is 0 Å². The van der Waals surface area contributed by atoms with Gasteiger partial charge in [0.1, 0.15) is 5.75 Å². The van der Waals surface area contributed by atoms with Crippen molar-refractivity contribution in [3.8, 4) is 5.75 Å². The molecule has 22 heavy (non-hydrogen) atoms. The highest BCUT2D eigenvalue weighted by molar-refractivity contribution is 9.11. The average Bonchev–Trinajstić information content (AvgIpc) is 2.93. The van der Waals surface area contributed by atoms with E-state index in [0.29, 0.717) is 13.1 Å². The SMILES string of the molecule is C=CC(=O)N1Cc2sc(Br)cc2[C@@H](c2ccccc2OC)C1. The molecular weight excluding hydrogens is 362 g/mol. The summed E-state index contributed by atoms with van der Waals surface area (Å²) in [7, 11) is 1.68. The fraction of sp³-hybridized carbons (Fsp3) is 0.235. The van der Waals surface area contributed by atoms with Crippen LogP contribution in [0, 0.1) is 0 Å². The van der Waals surface area contributed by atoms with E-state index in [1.54, 1.807) is 18.4 Å². The second kappa shape index (κ2) is 6.26. The Morgan fingerprint density at radius 2 is 2.23 bits per heavy atom. The Kier molecular flexibility index (Phi) is 4.36. The van der Waals surface area contributed by atoms with Crippen molar-refractivity contribution in [1.29, 1.82) is 0 Å². The number of ether oxygens (including phenoxy) is 1. The van der Waals surface area contributed by atoms with Crippen molar-refractivity contribution >= 4 is 33.2 Å². The molecule has 5 heteroatoms. The topological polar surface area (TPSA) is 29.5 Å².